The van der Waals surface area contributed by atoms with Gasteiger partial charge in [-0.25, -0.2) is 0 Å². The van der Waals surface area contributed by atoms with Crippen LogP contribution in [0, 0.1) is 6.92 Å². The molecule has 2 heterocycles. The number of thiophene rings is 1. The van der Waals surface area contributed by atoms with Crippen LogP contribution >= 0.6 is 11.3 Å². The fourth-order valence-corrected chi connectivity index (χ4v) is 2.33. The molecule has 17 heavy (non-hydrogen) atoms. The largest absolute Gasteiger partial charge is 0.314 e. The molecule has 0 atom stereocenters. The molecular weight excluding hydrogens is 232 g/mol. The highest BCUT2D eigenvalue weighted by Crippen LogP contribution is 2.06. The van der Waals surface area contributed by atoms with Gasteiger partial charge in [-0.1, -0.05) is 12.1 Å². The highest BCUT2D eigenvalue weighted by Gasteiger charge is 1.98. The topological polar surface area (TPSA) is 34.0 Å². The molecule has 0 aliphatic heterocycles. The van der Waals surface area contributed by atoms with E-state index in [1.165, 1.54) is 4.88 Å². The molecular formula is C13H16N2OS. The third kappa shape index (κ3) is 3.28. The minimum atomic E-state index is 0.102. The van der Waals surface area contributed by atoms with Gasteiger partial charge in [-0.15, -0.1) is 11.3 Å². The van der Waals surface area contributed by atoms with Gasteiger partial charge in [0.2, 0.25) is 0 Å². The average Bonchev–Trinajstić information content (AvgIpc) is 2.83. The van der Waals surface area contributed by atoms with Gasteiger partial charge >= 0.3 is 0 Å². The van der Waals surface area contributed by atoms with Gasteiger partial charge in [0.25, 0.3) is 5.56 Å². The molecule has 1 N–H and O–H groups in total. The predicted molar refractivity (Wildman–Crippen MR) is 71.5 cm³/mol. The normalized spacial score (nSPS) is 10.6. The van der Waals surface area contributed by atoms with E-state index in [4.69, 9.17) is 0 Å². The maximum atomic E-state index is 11.7. The number of nitrogens with zero attached hydrogens (tertiary/aromatic N) is 1. The van der Waals surface area contributed by atoms with Gasteiger partial charge < -0.3 is 9.88 Å². The van der Waals surface area contributed by atoms with Gasteiger partial charge in [-0.3, -0.25) is 4.79 Å². The number of aryl methyl sites for hydroxylation is 1. The lowest BCUT2D eigenvalue weighted by atomic mass is 10.3. The fraction of sp³-hybridized carbons (Fsp3) is 0.308. The summed E-state index contributed by atoms with van der Waals surface area (Å²) in [4.78, 5) is 13.0. The second-order valence-corrected chi connectivity index (χ2v) is 4.98. The molecule has 0 saturated heterocycles. The zero-order valence-corrected chi connectivity index (χ0v) is 10.7. The smallest absolute Gasteiger partial charge is 0.253 e. The Bertz CT molecular complexity index is 516. The zero-order chi connectivity index (χ0) is 12.1. The first-order valence-electron chi connectivity index (χ1n) is 5.66. The number of hydrogen-bond donors (Lipinski definition) is 1. The van der Waals surface area contributed by atoms with Gasteiger partial charge in [0.05, 0.1) is 0 Å². The van der Waals surface area contributed by atoms with Crippen molar-refractivity contribution in [1.82, 2.24) is 9.88 Å². The Hall–Kier alpha value is -1.39. The minimum Gasteiger partial charge on any atom is -0.314 e. The molecule has 0 aliphatic carbocycles. The van der Waals surface area contributed by atoms with E-state index in [2.05, 4.69) is 16.8 Å². The molecule has 0 amide bonds. The van der Waals surface area contributed by atoms with Crippen molar-refractivity contribution < 1.29 is 0 Å². The van der Waals surface area contributed by atoms with E-state index >= 15 is 0 Å². The van der Waals surface area contributed by atoms with Crippen LogP contribution in [0.5, 0.6) is 0 Å². The number of pyridine rings is 1. The molecule has 2 aromatic heterocycles. The number of rotatable bonds is 5. The van der Waals surface area contributed by atoms with Crippen LogP contribution in [0.25, 0.3) is 0 Å². The molecule has 3 nitrogen and oxygen atoms in total. The van der Waals surface area contributed by atoms with E-state index in [1.807, 2.05) is 31.3 Å². The van der Waals surface area contributed by atoms with E-state index < -0.39 is 0 Å². The molecule has 90 valence electrons. The maximum Gasteiger partial charge on any atom is 0.253 e. The van der Waals surface area contributed by atoms with E-state index in [9.17, 15) is 4.79 Å². The predicted octanol–water partition coefficient (Wildman–Crippen LogP) is 2.01. The van der Waals surface area contributed by atoms with E-state index in [-0.39, 0.29) is 5.56 Å². The summed E-state index contributed by atoms with van der Waals surface area (Å²) in [5.74, 6) is 0. The van der Waals surface area contributed by atoms with Crippen molar-refractivity contribution in [2.75, 3.05) is 6.54 Å². The van der Waals surface area contributed by atoms with E-state index in [1.54, 1.807) is 15.9 Å². The minimum absolute atomic E-state index is 0.102. The van der Waals surface area contributed by atoms with Crippen molar-refractivity contribution in [1.29, 1.82) is 0 Å². The highest BCUT2D eigenvalue weighted by atomic mass is 32.1. The lowest BCUT2D eigenvalue weighted by molar-refractivity contribution is 0.586. The number of nitrogens with one attached hydrogen (secondary N) is 1. The monoisotopic (exact) mass is 248 g/mol. The van der Waals surface area contributed by atoms with Crippen LogP contribution in [-0.4, -0.2) is 11.1 Å². The third-order valence-corrected chi connectivity index (χ3v) is 3.50. The molecule has 0 unspecified atom stereocenters. The van der Waals surface area contributed by atoms with Crippen LogP contribution in [0.4, 0.5) is 0 Å². The molecule has 2 aromatic rings. The Balaban J connectivity index is 1.82. The lowest BCUT2D eigenvalue weighted by Crippen LogP contribution is -2.27. The lowest BCUT2D eigenvalue weighted by Gasteiger charge is -2.07. The van der Waals surface area contributed by atoms with Crippen molar-refractivity contribution in [3.05, 3.63) is 56.6 Å². The summed E-state index contributed by atoms with van der Waals surface area (Å²) in [6, 6.07) is 7.91. The van der Waals surface area contributed by atoms with E-state index in [0.717, 1.165) is 18.7 Å². The molecule has 0 radical (unpaired) electrons. The first-order valence-corrected chi connectivity index (χ1v) is 6.54. The summed E-state index contributed by atoms with van der Waals surface area (Å²) in [6.07, 6.45) is 1.84. The molecule has 2 rings (SSSR count). The Labute approximate surface area is 105 Å². The zero-order valence-electron chi connectivity index (χ0n) is 9.85. The van der Waals surface area contributed by atoms with E-state index in [0.29, 0.717) is 6.54 Å². The number of aromatic nitrogens is 1. The fourth-order valence-electron chi connectivity index (χ4n) is 1.66. The summed E-state index contributed by atoms with van der Waals surface area (Å²) in [5.41, 5.74) is 0.899. The van der Waals surface area contributed by atoms with Gasteiger partial charge in [-0.2, -0.15) is 0 Å². The standard InChI is InChI=1S/C13H16N2OS/c1-11-4-2-7-15(13(11)16)8-6-14-10-12-5-3-9-17-12/h2-5,7,9,14H,6,8,10H2,1H3. The highest BCUT2D eigenvalue weighted by molar-refractivity contribution is 7.09. The molecule has 0 bridgehead atoms. The van der Waals surface area contributed by atoms with Crippen LogP contribution in [0.15, 0.2) is 40.6 Å². The van der Waals surface area contributed by atoms with Gasteiger partial charge in [0.1, 0.15) is 0 Å². The molecule has 0 spiro atoms. The second-order valence-electron chi connectivity index (χ2n) is 3.95. The van der Waals surface area contributed by atoms with Gasteiger partial charge in [0.15, 0.2) is 0 Å². The second kappa shape index (κ2) is 5.80. The quantitative estimate of drug-likeness (QED) is 0.821. The Morgan fingerprint density at radius 3 is 3.00 bits per heavy atom. The van der Waals surface area contributed by atoms with Crippen LogP contribution in [-0.2, 0) is 13.1 Å². The molecule has 0 saturated carbocycles. The van der Waals surface area contributed by atoms with Crippen LogP contribution in [0.1, 0.15) is 10.4 Å². The SMILES string of the molecule is Cc1cccn(CCNCc2cccs2)c1=O. The van der Waals surface area contributed by atoms with Gasteiger partial charge in [-0.05, 0) is 24.4 Å². The first kappa shape index (κ1) is 12.1. The maximum absolute atomic E-state index is 11.7. The van der Waals surface area contributed by atoms with Crippen molar-refractivity contribution in [3.63, 3.8) is 0 Å². The molecule has 0 aliphatic rings. The van der Waals surface area contributed by atoms with Crippen molar-refractivity contribution >= 4 is 11.3 Å². The number of hydrogen-bond acceptors (Lipinski definition) is 3. The van der Waals surface area contributed by atoms with Crippen LogP contribution < -0.4 is 10.9 Å². The summed E-state index contributed by atoms with van der Waals surface area (Å²) < 4.78 is 1.75. The van der Waals surface area contributed by atoms with Crippen LogP contribution in [0.2, 0.25) is 0 Å². The van der Waals surface area contributed by atoms with Crippen molar-refractivity contribution in [2.24, 2.45) is 0 Å². The summed E-state index contributed by atoms with van der Waals surface area (Å²) in [7, 11) is 0. The van der Waals surface area contributed by atoms with Gasteiger partial charge in [0, 0.05) is 36.3 Å². The molecule has 0 fully saturated rings. The van der Waals surface area contributed by atoms with Crippen LogP contribution in [0.3, 0.4) is 0 Å². The summed E-state index contributed by atoms with van der Waals surface area (Å²) in [6.45, 7) is 4.24. The Morgan fingerprint density at radius 1 is 1.35 bits per heavy atom. The summed E-state index contributed by atoms with van der Waals surface area (Å²) in [5, 5.41) is 5.41. The Morgan fingerprint density at radius 2 is 2.24 bits per heavy atom. The molecule has 4 heteroatoms. The Kier molecular flexibility index (Phi) is 4.12. The first-order chi connectivity index (χ1) is 8.27. The molecule has 0 aromatic carbocycles. The average molecular weight is 248 g/mol. The summed E-state index contributed by atoms with van der Waals surface area (Å²) >= 11 is 1.74. The third-order valence-electron chi connectivity index (χ3n) is 2.62. The van der Waals surface area contributed by atoms with Crippen molar-refractivity contribution in [2.45, 2.75) is 20.0 Å². The van der Waals surface area contributed by atoms with Crippen molar-refractivity contribution in [3.8, 4) is 0 Å².